The van der Waals surface area contributed by atoms with E-state index in [2.05, 4.69) is 0 Å². The molecule has 0 saturated carbocycles. The van der Waals surface area contributed by atoms with Crippen LogP contribution in [-0.2, 0) is 6.54 Å². The van der Waals surface area contributed by atoms with Gasteiger partial charge in [-0.05, 0) is 17.7 Å². The van der Waals surface area contributed by atoms with Crippen molar-refractivity contribution in [2.24, 2.45) is 0 Å². The zero-order valence-electron chi connectivity index (χ0n) is 10.6. The van der Waals surface area contributed by atoms with Gasteiger partial charge >= 0.3 is 0 Å². The summed E-state index contributed by atoms with van der Waals surface area (Å²) in [6, 6.07) is 3.72. The van der Waals surface area contributed by atoms with Crippen molar-refractivity contribution in [3.05, 3.63) is 22.7 Å². The van der Waals surface area contributed by atoms with Gasteiger partial charge in [-0.15, -0.1) is 0 Å². The average molecular weight is 288 g/mol. The second-order valence-corrected chi connectivity index (χ2v) is 4.73. The molecule has 0 amide bonds. The molecule has 6 heteroatoms. The first-order valence-electron chi connectivity index (χ1n) is 6.26. The maximum Gasteiger partial charge on any atom is 0.179 e. The molecule has 1 aromatic carbocycles. The summed E-state index contributed by atoms with van der Waals surface area (Å²) in [5.41, 5.74) is 0.969. The Morgan fingerprint density at radius 2 is 1.79 bits per heavy atom. The van der Waals surface area contributed by atoms with E-state index in [1.54, 1.807) is 0 Å². The fourth-order valence-corrected chi connectivity index (χ4v) is 2.35. The van der Waals surface area contributed by atoms with E-state index >= 15 is 0 Å². The Hall–Kier alpha value is -1.01. The Bertz CT molecular complexity index is 421. The van der Waals surface area contributed by atoms with Crippen LogP contribution < -0.4 is 9.47 Å². The normalized spacial score (nSPS) is 13.9. The number of halogens is 1. The fraction of sp³-hybridized carbons (Fsp3) is 0.538. The Morgan fingerprint density at radius 1 is 1.11 bits per heavy atom. The van der Waals surface area contributed by atoms with Crippen molar-refractivity contribution in [1.82, 2.24) is 4.90 Å². The minimum absolute atomic E-state index is 0.0539. The zero-order chi connectivity index (χ0) is 13.7. The van der Waals surface area contributed by atoms with E-state index in [-0.39, 0.29) is 13.2 Å². The number of hydrogen-bond acceptors (Lipinski definition) is 5. The summed E-state index contributed by atoms with van der Waals surface area (Å²) in [4.78, 5) is 1.95. The fourth-order valence-electron chi connectivity index (χ4n) is 2.07. The lowest BCUT2D eigenvalue weighted by Crippen LogP contribution is -2.29. The third-order valence-corrected chi connectivity index (χ3v) is 3.18. The van der Waals surface area contributed by atoms with Crippen LogP contribution in [0.4, 0.5) is 0 Å². The summed E-state index contributed by atoms with van der Waals surface area (Å²) in [7, 11) is 0. The molecule has 1 aliphatic heterocycles. The number of benzene rings is 1. The van der Waals surface area contributed by atoms with Gasteiger partial charge in [0.15, 0.2) is 11.5 Å². The molecule has 0 unspecified atom stereocenters. The predicted octanol–water partition coefficient (Wildman–Crippen LogP) is 0.898. The molecule has 19 heavy (non-hydrogen) atoms. The minimum Gasteiger partial charge on any atom is -0.486 e. The van der Waals surface area contributed by atoms with Gasteiger partial charge in [-0.3, -0.25) is 4.90 Å². The molecule has 1 aliphatic rings. The first-order valence-corrected chi connectivity index (χ1v) is 6.64. The van der Waals surface area contributed by atoms with Gasteiger partial charge < -0.3 is 19.7 Å². The van der Waals surface area contributed by atoms with Crippen LogP contribution in [-0.4, -0.2) is 54.6 Å². The number of aliphatic hydroxyl groups is 2. The van der Waals surface area contributed by atoms with Crippen molar-refractivity contribution < 1.29 is 19.7 Å². The van der Waals surface area contributed by atoms with Crippen molar-refractivity contribution >= 4 is 11.6 Å². The molecule has 2 rings (SSSR count). The van der Waals surface area contributed by atoms with Crippen molar-refractivity contribution in [2.75, 3.05) is 39.5 Å². The van der Waals surface area contributed by atoms with Gasteiger partial charge in [0.05, 0.1) is 18.2 Å². The number of aliphatic hydroxyl groups excluding tert-OH is 2. The summed E-state index contributed by atoms with van der Waals surface area (Å²) >= 11 is 6.16. The van der Waals surface area contributed by atoms with E-state index in [1.807, 2.05) is 17.0 Å². The Balaban J connectivity index is 2.13. The van der Waals surface area contributed by atoms with Gasteiger partial charge in [0.2, 0.25) is 0 Å². The highest BCUT2D eigenvalue weighted by molar-refractivity contribution is 6.32. The lowest BCUT2D eigenvalue weighted by Gasteiger charge is -2.23. The van der Waals surface area contributed by atoms with E-state index in [1.165, 1.54) is 0 Å². The second kappa shape index (κ2) is 6.96. The van der Waals surface area contributed by atoms with Crippen LogP contribution in [0.25, 0.3) is 0 Å². The van der Waals surface area contributed by atoms with Gasteiger partial charge in [-0.25, -0.2) is 0 Å². The number of rotatable bonds is 6. The highest BCUT2D eigenvalue weighted by atomic mass is 35.5. The quantitative estimate of drug-likeness (QED) is 0.814. The molecule has 1 heterocycles. The first kappa shape index (κ1) is 14.4. The third kappa shape index (κ3) is 3.73. The van der Waals surface area contributed by atoms with Gasteiger partial charge in [-0.2, -0.15) is 0 Å². The molecule has 0 aromatic heterocycles. The van der Waals surface area contributed by atoms with Crippen LogP contribution in [0.3, 0.4) is 0 Å². The van der Waals surface area contributed by atoms with E-state index in [9.17, 15) is 0 Å². The molecule has 0 fully saturated rings. The Labute approximate surface area is 117 Å². The van der Waals surface area contributed by atoms with Gasteiger partial charge in [-0.1, -0.05) is 11.6 Å². The maximum absolute atomic E-state index is 8.99. The maximum atomic E-state index is 8.99. The van der Waals surface area contributed by atoms with E-state index in [0.717, 1.165) is 5.56 Å². The molecule has 0 atom stereocenters. The molecule has 0 spiro atoms. The lowest BCUT2D eigenvalue weighted by atomic mass is 10.1. The SMILES string of the molecule is OCCN(CCO)Cc1cc(Cl)c2c(c1)OCCO2. The summed E-state index contributed by atoms with van der Waals surface area (Å²) in [5, 5.41) is 18.5. The summed E-state index contributed by atoms with van der Waals surface area (Å²) in [6.45, 7) is 2.74. The van der Waals surface area contributed by atoms with Gasteiger partial charge in [0.1, 0.15) is 13.2 Å². The highest BCUT2D eigenvalue weighted by Crippen LogP contribution is 2.38. The number of nitrogens with zero attached hydrogens (tertiary/aromatic N) is 1. The molecule has 106 valence electrons. The number of fused-ring (bicyclic) bond motifs is 1. The summed E-state index contributed by atoms with van der Waals surface area (Å²) < 4.78 is 11.0. The van der Waals surface area contributed by atoms with Crippen LogP contribution in [0.5, 0.6) is 11.5 Å². The van der Waals surface area contributed by atoms with Crippen LogP contribution in [0.1, 0.15) is 5.56 Å². The van der Waals surface area contributed by atoms with Crippen molar-refractivity contribution in [3.63, 3.8) is 0 Å². The molecule has 0 bridgehead atoms. The lowest BCUT2D eigenvalue weighted by molar-refractivity contribution is 0.154. The number of hydrogen-bond donors (Lipinski definition) is 2. The molecule has 0 aliphatic carbocycles. The Morgan fingerprint density at radius 3 is 2.47 bits per heavy atom. The van der Waals surface area contributed by atoms with E-state index in [4.69, 9.17) is 31.3 Å². The van der Waals surface area contributed by atoms with Crippen molar-refractivity contribution in [2.45, 2.75) is 6.54 Å². The average Bonchev–Trinajstić information content (AvgIpc) is 2.39. The smallest absolute Gasteiger partial charge is 0.179 e. The van der Waals surface area contributed by atoms with Crippen molar-refractivity contribution in [1.29, 1.82) is 0 Å². The molecule has 2 N–H and O–H groups in total. The Kier molecular flexibility index (Phi) is 5.27. The monoisotopic (exact) mass is 287 g/mol. The second-order valence-electron chi connectivity index (χ2n) is 4.33. The van der Waals surface area contributed by atoms with E-state index < -0.39 is 0 Å². The van der Waals surface area contributed by atoms with Gasteiger partial charge in [0.25, 0.3) is 0 Å². The topological polar surface area (TPSA) is 62.2 Å². The molecular formula is C13H18ClNO4. The summed E-state index contributed by atoms with van der Waals surface area (Å²) in [6.07, 6.45) is 0. The minimum atomic E-state index is 0.0539. The van der Waals surface area contributed by atoms with Crippen LogP contribution in [0, 0.1) is 0 Å². The summed E-state index contributed by atoms with van der Waals surface area (Å²) in [5.74, 6) is 1.24. The van der Waals surface area contributed by atoms with Crippen LogP contribution in [0.2, 0.25) is 5.02 Å². The zero-order valence-corrected chi connectivity index (χ0v) is 11.4. The molecular weight excluding hydrogens is 270 g/mol. The standard InChI is InChI=1S/C13H18ClNO4/c14-11-7-10(9-15(1-3-16)2-4-17)8-12-13(11)19-6-5-18-12/h7-8,16-17H,1-6,9H2. The van der Waals surface area contributed by atoms with Crippen LogP contribution in [0.15, 0.2) is 12.1 Å². The highest BCUT2D eigenvalue weighted by Gasteiger charge is 2.17. The largest absolute Gasteiger partial charge is 0.486 e. The van der Waals surface area contributed by atoms with Crippen molar-refractivity contribution in [3.8, 4) is 11.5 Å². The van der Waals surface area contributed by atoms with E-state index in [0.29, 0.717) is 49.4 Å². The number of ether oxygens (including phenoxy) is 2. The molecule has 1 aromatic rings. The first-order chi connectivity index (χ1) is 9.24. The molecule has 0 saturated heterocycles. The van der Waals surface area contributed by atoms with Crippen LogP contribution >= 0.6 is 11.6 Å². The van der Waals surface area contributed by atoms with Gasteiger partial charge in [0, 0.05) is 19.6 Å². The third-order valence-electron chi connectivity index (χ3n) is 2.90. The molecule has 5 nitrogen and oxygen atoms in total. The predicted molar refractivity (Wildman–Crippen MR) is 71.9 cm³/mol. The molecule has 0 radical (unpaired) electrons.